The first-order valence-electron chi connectivity index (χ1n) is 8.10. The van der Waals surface area contributed by atoms with Gasteiger partial charge in [-0.1, -0.05) is 6.07 Å². The Morgan fingerprint density at radius 2 is 1.92 bits per heavy atom. The van der Waals surface area contributed by atoms with Crippen molar-refractivity contribution in [2.45, 2.75) is 25.4 Å². The molecule has 25 heavy (non-hydrogen) atoms. The highest BCUT2D eigenvalue weighted by Crippen LogP contribution is 2.43. The van der Waals surface area contributed by atoms with E-state index in [1.807, 2.05) is 26.0 Å². The number of benzene rings is 2. The van der Waals surface area contributed by atoms with Crippen LogP contribution >= 0.6 is 0 Å². The summed E-state index contributed by atoms with van der Waals surface area (Å²) in [6.45, 7) is 3.97. The van der Waals surface area contributed by atoms with Gasteiger partial charge in [-0.2, -0.15) is 0 Å². The summed E-state index contributed by atoms with van der Waals surface area (Å²) in [5, 5.41) is 20.2. The fourth-order valence-electron chi connectivity index (χ4n) is 3.24. The van der Waals surface area contributed by atoms with Crippen molar-refractivity contribution in [1.29, 1.82) is 0 Å². The molecule has 0 unspecified atom stereocenters. The summed E-state index contributed by atoms with van der Waals surface area (Å²) in [4.78, 5) is 12.8. The van der Waals surface area contributed by atoms with E-state index < -0.39 is 11.5 Å². The van der Waals surface area contributed by atoms with Gasteiger partial charge in [0.1, 0.15) is 35.2 Å². The smallest absolute Gasteiger partial charge is 0.177 e. The molecule has 2 aromatic rings. The zero-order valence-corrected chi connectivity index (χ0v) is 13.9. The summed E-state index contributed by atoms with van der Waals surface area (Å²) in [5.41, 5.74) is 1.04. The van der Waals surface area contributed by atoms with E-state index in [9.17, 15) is 15.0 Å². The Balaban J connectivity index is 1.74. The summed E-state index contributed by atoms with van der Waals surface area (Å²) in [5.74, 6) is 0.287. The van der Waals surface area contributed by atoms with Crippen LogP contribution in [0, 0.1) is 0 Å². The van der Waals surface area contributed by atoms with Crippen molar-refractivity contribution >= 4 is 11.9 Å². The lowest BCUT2D eigenvalue weighted by atomic mass is 9.86. The van der Waals surface area contributed by atoms with Gasteiger partial charge in [-0.05, 0) is 44.2 Å². The molecule has 5 heteroatoms. The molecule has 0 saturated carbocycles. The zero-order valence-electron chi connectivity index (χ0n) is 13.9. The molecule has 1 atom stereocenters. The van der Waals surface area contributed by atoms with Crippen LogP contribution in [-0.2, 0) is 0 Å². The SMILES string of the molecule is CC1(C)C=Cc2c(ccc([C@H]3COc4cc(O)ccc4C3=O)c2O)O1. The number of ether oxygens (including phenoxy) is 2. The van der Waals surface area contributed by atoms with Gasteiger partial charge in [0.05, 0.1) is 17.0 Å². The number of Topliss-reactive ketones (excluding diaryl/α,β-unsaturated/α-hetero) is 1. The number of hydrogen-bond donors (Lipinski definition) is 2. The number of phenolic OH excluding ortho intramolecular Hbond substituents is 2. The van der Waals surface area contributed by atoms with Crippen LogP contribution in [0.25, 0.3) is 6.08 Å². The van der Waals surface area contributed by atoms with Gasteiger partial charge < -0.3 is 19.7 Å². The molecule has 2 N–H and O–H groups in total. The minimum Gasteiger partial charge on any atom is -0.508 e. The predicted molar refractivity (Wildman–Crippen MR) is 92.5 cm³/mol. The topological polar surface area (TPSA) is 76.0 Å². The fraction of sp³-hybridized carbons (Fsp3) is 0.250. The average molecular weight is 338 g/mol. The third-order valence-electron chi connectivity index (χ3n) is 4.56. The zero-order chi connectivity index (χ0) is 17.8. The van der Waals surface area contributed by atoms with Crippen LogP contribution in [0.1, 0.15) is 41.3 Å². The van der Waals surface area contributed by atoms with Crippen LogP contribution in [0.4, 0.5) is 0 Å². The Hall–Kier alpha value is -2.95. The van der Waals surface area contributed by atoms with Crippen molar-refractivity contribution < 1.29 is 24.5 Å². The van der Waals surface area contributed by atoms with Crippen LogP contribution in [0.3, 0.4) is 0 Å². The number of carbonyl (C=O) groups excluding carboxylic acids is 1. The second kappa shape index (κ2) is 5.28. The van der Waals surface area contributed by atoms with E-state index >= 15 is 0 Å². The number of aromatic hydroxyl groups is 2. The molecule has 5 nitrogen and oxygen atoms in total. The molecule has 2 aromatic carbocycles. The largest absolute Gasteiger partial charge is 0.508 e. The molecule has 2 aliphatic rings. The highest BCUT2D eigenvalue weighted by molar-refractivity contribution is 6.04. The van der Waals surface area contributed by atoms with Crippen LogP contribution in [-0.4, -0.2) is 28.2 Å². The first-order valence-corrected chi connectivity index (χ1v) is 8.10. The van der Waals surface area contributed by atoms with E-state index in [4.69, 9.17) is 9.47 Å². The Morgan fingerprint density at radius 3 is 2.72 bits per heavy atom. The second-order valence-corrected chi connectivity index (χ2v) is 6.86. The molecule has 0 aromatic heterocycles. The Morgan fingerprint density at radius 1 is 1.12 bits per heavy atom. The average Bonchev–Trinajstić information content (AvgIpc) is 2.55. The van der Waals surface area contributed by atoms with Crippen molar-refractivity contribution in [1.82, 2.24) is 0 Å². The summed E-state index contributed by atoms with van der Waals surface area (Å²) in [6.07, 6.45) is 3.69. The number of hydrogen-bond acceptors (Lipinski definition) is 5. The molecule has 0 aliphatic carbocycles. The summed E-state index contributed by atoms with van der Waals surface area (Å²) >= 11 is 0. The molecule has 2 heterocycles. The Kier molecular flexibility index (Phi) is 3.29. The Bertz CT molecular complexity index is 911. The third-order valence-corrected chi connectivity index (χ3v) is 4.56. The van der Waals surface area contributed by atoms with Crippen molar-refractivity contribution in [3.63, 3.8) is 0 Å². The molecule has 0 saturated heterocycles. The van der Waals surface area contributed by atoms with Gasteiger partial charge in [0.25, 0.3) is 0 Å². The minimum atomic E-state index is -0.606. The van der Waals surface area contributed by atoms with Crippen LogP contribution in [0.2, 0.25) is 0 Å². The lowest BCUT2D eigenvalue weighted by Crippen LogP contribution is -2.28. The van der Waals surface area contributed by atoms with E-state index in [1.165, 1.54) is 12.1 Å². The monoisotopic (exact) mass is 338 g/mol. The van der Waals surface area contributed by atoms with E-state index in [2.05, 4.69) is 0 Å². The predicted octanol–water partition coefficient (Wildman–Crippen LogP) is 3.64. The van der Waals surface area contributed by atoms with Crippen molar-refractivity contribution in [2.75, 3.05) is 6.61 Å². The van der Waals surface area contributed by atoms with E-state index in [1.54, 1.807) is 18.2 Å². The molecular formula is C20H18O5. The molecule has 0 fully saturated rings. The number of fused-ring (bicyclic) bond motifs is 2. The standard InChI is InChI=1S/C20H18O5/c1-20(2)8-7-14-16(25-20)6-5-12(18(14)22)15-10-24-17-9-11(21)3-4-13(17)19(15)23/h3-9,15,21-22H,10H2,1-2H3/t15-/m1/s1. The maximum Gasteiger partial charge on any atom is 0.177 e. The fourth-order valence-corrected chi connectivity index (χ4v) is 3.24. The highest BCUT2D eigenvalue weighted by Gasteiger charge is 2.34. The summed E-state index contributed by atoms with van der Waals surface area (Å²) in [7, 11) is 0. The highest BCUT2D eigenvalue weighted by atomic mass is 16.5. The first kappa shape index (κ1) is 15.6. The minimum absolute atomic E-state index is 0.0356. The molecule has 4 rings (SSSR count). The maximum atomic E-state index is 12.8. The molecule has 2 aliphatic heterocycles. The number of rotatable bonds is 1. The van der Waals surface area contributed by atoms with Crippen LogP contribution < -0.4 is 9.47 Å². The van der Waals surface area contributed by atoms with E-state index in [0.717, 1.165) is 0 Å². The first-order chi connectivity index (χ1) is 11.9. The molecule has 0 spiro atoms. The van der Waals surface area contributed by atoms with Crippen LogP contribution in [0.15, 0.2) is 36.4 Å². The number of phenols is 2. The number of ketones is 1. The molecule has 0 bridgehead atoms. The van der Waals surface area contributed by atoms with E-state index in [0.29, 0.717) is 28.2 Å². The maximum absolute atomic E-state index is 12.8. The van der Waals surface area contributed by atoms with Gasteiger partial charge in [-0.25, -0.2) is 0 Å². The van der Waals surface area contributed by atoms with E-state index in [-0.39, 0.29) is 23.9 Å². The van der Waals surface area contributed by atoms with Gasteiger partial charge in [-0.3, -0.25) is 4.79 Å². The van der Waals surface area contributed by atoms with Gasteiger partial charge in [0.15, 0.2) is 5.78 Å². The van der Waals surface area contributed by atoms with Gasteiger partial charge in [0.2, 0.25) is 0 Å². The molecular weight excluding hydrogens is 320 g/mol. The second-order valence-electron chi connectivity index (χ2n) is 6.86. The number of carbonyl (C=O) groups is 1. The molecule has 0 radical (unpaired) electrons. The van der Waals surface area contributed by atoms with Crippen molar-refractivity contribution in [2.24, 2.45) is 0 Å². The summed E-state index contributed by atoms with van der Waals surface area (Å²) < 4.78 is 11.5. The lowest BCUT2D eigenvalue weighted by Gasteiger charge is -2.30. The summed E-state index contributed by atoms with van der Waals surface area (Å²) in [6, 6.07) is 7.90. The van der Waals surface area contributed by atoms with Gasteiger partial charge in [-0.15, -0.1) is 0 Å². The molecule has 0 amide bonds. The lowest BCUT2D eigenvalue weighted by molar-refractivity contribution is 0.0893. The quantitative estimate of drug-likeness (QED) is 0.830. The Labute approximate surface area is 145 Å². The van der Waals surface area contributed by atoms with Crippen molar-refractivity contribution in [3.05, 3.63) is 53.1 Å². The molecule has 128 valence electrons. The van der Waals surface area contributed by atoms with Gasteiger partial charge >= 0.3 is 0 Å². The van der Waals surface area contributed by atoms with Crippen LogP contribution in [0.5, 0.6) is 23.0 Å². The third kappa shape index (κ3) is 2.52. The van der Waals surface area contributed by atoms with Gasteiger partial charge in [0, 0.05) is 11.6 Å². The van der Waals surface area contributed by atoms with Crippen molar-refractivity contribution in [3.8, 4) is 23.0 Å². The normalized spacial score (nSPS) is 20.2.